The molecule has 4 amide bonds. The van der Waals surface area contributed by atoms with Gasteiger partial charge in [-0.25, -0.2) is 19.0 Å². The van der Waals surface area contributed by atoms with E-state index in [0.29, 0.717) is 45.3 Å². The van der Waals surface area contributed by atoms with Gasteiger partial charge in [0, 0.05) is 22.5 Å². The molecule has 2 aromatic heterocycles. The molecule has 0 radical (unpaired) electrons. The molecule has 10 nitrogen and oxygen atoms in total. The summed E-state index contributed by atoms with van der Waals surface area (Å²) in [4.78, 5) is 21.7. The van der Waals surface area contributed by atoms with E-state index in [4.69, 9.17) is 11.5 Å². The molecule has 51 heavy (non-hydrogen) atoms. The van der Waals surface area contributed by atoms with Crippen molar-refractivity contribution in [3.63, 3.8) is 0 Å². The fourth-order valence-corrected chi connectivity index (χ4v) is 4.83. The molecule has 262 valence electrons. The van der Waals surface area contributed by atoms with Crippen molar-refractivity contribution in [2.75, 3.05) is 10.6 Å². The minimum absolute atomic E-state index is 0.309. The van der Waals surface area contributed by atoms with Crippen molar-refractivity contribution in [2.45, 2.75) is 19.3 Å². The summed E-state index contributed by atoms with van der Waals surface area (Å²) in [5, 5.41) is 12.2. The van der Waals surface area contributed by atoms with E-state index in [2.05, 4.69) is 20.8 Å². The molecule has 6 rings (SSSR count). The van der Waals surface area contributed by atoms with Gasteiger partial charge < -0.3 is 22.1 Å². The maximum absolute atomic E-state index is 13.1. The molecule has 0 aliphatic carbocycles. The lowest BCUT2D eigenvalue weighted by Gasteiger charge is -2.09. The number of carbonyl (C=O) groups is 2. The van der Waals surface area contributed by atoms with Gasteiger partial charge in [0.05, 0.1) is 22.8 Å². The molecule has 0 aliphatic rings. The molecule has 0 bridgehead atoms. The Morgan fingerprint density at radius 2 is 0.941 bits per heavy atom. The van der Waals surface area contributed by atoms with Crippen LogP contribution < -0.4 is 22.1 Å². The van der Waals surface area contributed by atoms with Crippen LogP contribution in [-0.4, -0.2) is 31.6 Å². The van der Waals surface area contributed by atoms with Gasteiger partial charge >= 0.3 is 24.4 Å². The van der Waals surface area contributed by atoms with E-state index < -0.39 is 35.8 Å². The number of rotatable bonds is 6. The Balaban J connectivity index is 0.000000198. The van der Waals surface area contributed by atoms with Crippen LogP contribution in [0.2, 0.25) is 0 Å². The second-order valence-corrected chi connectivity index (χ2v) is 11.0. The van der Waals surface area contributed by atoms with Crippen LogP contribution in [0, 0.1) is 6.92 Å². The zero-order valence-electron chi connectivity index (χ0n) is 26.5. The van der Waals surface area contributed by atoms with Gasteiger partial charge in [0.25, 0.3) is 0 Å². The van der Waals surface area contributed by atoms with Gasteiger partial charge in [0.1, 0.15) is 0 Å². The van der Waals surface area contributed by atoms with E-state index >= 15 is 0 Å². The SMILES string of the molecule is Cc1ccc(-c2cc(C(F)(F)F)nn2-c2ccc(NC(N)=O)cc2)cc1.NC(=O)Nc1ccc(-n2nc(C(F)(F)F)cc2-c2ccccc2)cc1. The Hall–Kier alpha value is -6.58. The predicted octanol–water partition coefficient (Wildman–Crippen LogP) is 8.41. The van der Waals surface area contributed by atoms with E-state index in [1.54, 1.807) is 66.7 Å². The van der Waals surface area contributed by atoms with Crippen molar-refractivity contribution in [3.8, 4) is 33.9 Å². The average Bonchev–Trinajstić information content (AvgIpc) is 3.73. The number of hydrogen-bond acceptors (Lipinski definition) is 4. The summed E-state index contributed by atoms with van der Waals surface area (Å²) in [6.45, 7) is 1.90. The number of nitrogens with one attached hydrogen (secondary N) is 2. The van der Waals surface area contributed by atoms with E-state index in [1.807, 2.05) is 19.1 Å². The number of carbonyl (C=O) groups excluding carboxylic acids is 2. The summed E-state index contributed by atoms with van der Waals surface area (Å²) in [7, 11) is 0. The van der Waals surface area contributed by atoms with Gasteiger partial charge in [-0.1, -0.05) is 60.2 Å². The maximum atomic E-state index is 13.1. The highest BCUT2D eigenvalue weighted by Gasteiger charge is 2.36. The number of nitrogens with two attached hydrogens (primary N) is 2. The Morgan fingerprint density at radius 1 is 0.569 bits per heavy atom. The first-order valence-corrected chi connectivity index (χ1v) is 14.9. The fraction of sp³-hybridized carbons (Fsp3) is 0.0857. The normalized spacial score (nSPS) is 11.4. The van der Waals surface area contributed by atoms with Crippen LogP contribution in [0.5, 0.6) is 0 Å². The number of anilines is 2. The predicted molar refractivity (Wildman–Crippen MR) is 179 cm³/mol. The Kier molecular flexibility index (Phi) is 10.2. The molecule has 0 aliphatic heterocycles. The lowest BCUT2D eigenvalue weighted by molar-refractivity contribution is -0.142. The van der Waals surface area contributed by atoms with E-state index in [-0.39, 0.29) is 0 Å². The molecular formula is C35H28F6N8O2. The van der Waals surface area contributed by atoms with Crippen molar-refractivity contribution in [1.82, 2.24) is 19.6 Å². The minimum atomic E-state index is -4.56. The number of alkyl halides is 6. The fourth-order valence-electron chi connectivity index (χ4n) is 4.83. The molecule has 0 saturated heterocycles. The zero-order valence-corrected chi connectivity index (χ0v) is 26.5. The van der Waals surface area contributed by atoms with Crippen molar-refractivity contribution < 1.29 is 35.9 Å². The first-order valence-electron chi connectivity index (χ1n) is 14.9. The third-order valence-corrected chi connectivity index (χ3v) is 7.18. The molecule has 0 fully saturated rings. The van der Waals surface area contributed by atoms with E-state index in [1.165, 1.54) is 33.6 Å². The van der Waals surface area contributed by atoms with Crippen molar-refractivity contribution in [2.24, 2.45) is 11.5 Å². The second-order valence-electron chi connectivity index (χ2n) is 11.0. The summed E-state index contributed by atoms with van der Waals surface area (Å²) < 4.78 is 81.1. The molecule has 0 spiro atoms. The van der Waals surface area contributed by atoms with E-state index in [9.17, 15) is 35.9 Å². The summed E-state index contributed by atoms with van der Waals surface area (Å²) >= 11 is 0. The number of urea groups is 2. The number of aryl methyl sites for hydroxylation is 1. The zero-order chi connectivity index (χ0) is 36.9. The number of primary amides is 2. The smallest absolute Gasteiger partial charge is 0.351 e. The number of nitrogens with zero attached hydrogens (tertiary/aromatic N) is 4. The number of benzene rings is 4. The maximum Gasteiger partial charge on any atom is 0.435 e. The first-order chi connectivity index (χ1) is 24.1. The molecule has 6 aromatic rings. The van der Waals surface area contributed by atoms with Crippen LogP contribution in [0.25, 0.3) is 33.9 Å². The van der Waals surface area contributed by atoms with Gasteiger partial charge in [-0.3, -0.25) is 0 Å². The number of halogens is 6. The van der Waals surface area contributed by atoms with Crippen molar-refractivity contribution in [3.05, 3.63) is 132 Å². The highest BCUT2D eigenvalue weighted by Crippen LogP contribution is 2.35. The summed E-state index contributed by atoms with van der Waals surface area (Å²) in [5.41, 5.74) is 12.7. The standard InChI is InChI=1S/C18H15F3N4O.C17H13F3N4O/c1-11-2-4-12(5-3-11)15-10-16(18(19,20)21)24-25(15)14-8-6-13(7-9-14)23-17(22)26;18-17(19,20)15-10-14(11-4-2-1-3-5-11)24(23-15)13-8-6-12(7-9-13)22-16(21)25/h2-10H,1H3,(H3,22,23,26);1-10H,(H3,21,22,25). The lowest BCUT2D eigenvalue weighted by Crippen LogP contribution is -2.19. The van der Waals surface area contributed by atoms with Gasteiger partial charge in [0.2, 0.25) is 0 Å². The number of aromatic nitrogens is 4. The van der Waals surface area contributed by atoms with Gasteiger partial charge in [-0.05, 0) is 67.6 Å². The number of hydrogen-bond donors (Lipinski definition) is 4. The van der Waals surface area contributed by atoms with Crippen molar-refractivity contribution in [1.29, 1.82) is 0 Å². The third kappa shape index (κ3) is 8.91. The van der Waals surface area contributed by atoms with Crippen LogP contribution in [0.1, 0.15) is 17.0 Å². The summed E-state index contributed by atoms with van der Waals surface area (Å²) in [5.74, 6) is 0. The van der Waals surface area contributed by atoms with Crippen LogP contribution in [-0.2, 0) is 12.4 Å². The quantitative estimate of drug-likeness (QED) is 0.129. The van der Waals surface area contributed by atoms with Crippen LogP contribution in [0.3, 0.4) is 0 Å². The van der Waals surface area contributed by atoms with E-state index in [0.717, 1.165) is 17.7 Å². The molecule has 16 heteroatoms. The summed E-state index contributed by atoms with van der Waals surface area (Å²) in [6, 6.07) is 28.7. The molecule has 0 unspecified atom stereocenters. The highest BCUT2D eigenvalue weighted by atomic mass is 19.4. The van der Waals surface area contributed by atoms with Gasteiger partial charge in [-0.15, -0.1) is 0 Å². The highest BCUT2D eigenvalue weighted by molar-refractivity contribution is 5.88. The topological polar surface area (TPSA) is 146 Å². The molecule has 0 saturated carbocycles. The largest absolute Gasteiger partial charge is 0.435 e. The Morgan fingerprint density at radius 3 is 1.29 bits per heavy atom. The minimum Gasteiger partial charge on any atom is -0.351 e. The Bertz CT molecular complexity index is 2120. The van der Waals surface area contributed by atoms with Crippen LogP contribution >= 0.6 is 0 Å². The monoisotopic (exact) mass is 706 g/mol. The number of amides is 4. The molecule has 6 N–H and O–H groups in total. The third-order valence-electron chi connectivity index (χ3n) is 7.18. The van der Waals surface area contributed by atoms with Crippen LogP contribution in [0.15, 0.2) is 115 Å². The summed E-state index contributed by atoms with van der Waals surface area (Å²) in [6.07, 6.45) is -9.11. The molecule has 2 heterocycles. The molecule has 0 atom stereocenters. The van der Waals surface area contributed by atoms with Crippen molar-refractivity contribution >= 4 is 23.4 Å². The molecule has 4 aromatic carbocycles. The van der Waals surface area contributed by atoms with Gasteiger partial charge in [-0.2, -0.15) is 36.5 Å². The Labute approximate surface area is 286 Å². The average molecular weight is 707 g/mol. The lowest BCUT2D eigenvalue weighted by atomic mass is 10.1. The second kappa shape index (κ2) is 14.5. The molecular weight excluding hydrogens is 678 g/mol. The van der Waals surface area contributed by atoms with Crippen LogP contribution in [0.4, 0.5) is 47.3 Å². The first kappa shape index (κ1) is 35.7. The van der Waals surface area contributed by atoms with Gasteiger partial charge in [0.15, 0.2) is 11.4 Å².